The van der Waals surface area contributed by atoms with Crippen LogP contribution in [0, 0.1) is 5.92 Å². The van der Waals surface area contributed by atoms with Crippen LogP contribution in [0.5, 0.6) is 11.5 Å². The van der Waals surface area contributed by atoms with Crippen LogP contribution in [-0.2, 0) is 13.1 Å². The number of aromatic nitrogens is 2. The van der Waals surface area contributed by atoms with Crippen LogP contribution < -0.4 is 15.0 Å². The largest absolute Gasteiger partial charge is 0.493 e. The molecule has 0 amide bonds. The number of hydrogen-bond acceptors (Lipinski definition) is 5. The Kier molecular flexibility index (Phi) is 5.81. The van der Waals surface area contributed by atoms with Gasteiger partial charge in [0.25, 0.3) is 5.56 Å². The van der Waals surface area contributed by atoms with Crippen LogP contribution in [-0.4, -0.2) is 42.0 Å². The van der Waals surface area contributed by atoms with Crippen molar-refractivity contribution in [2.24, 2.45) is 5.92 Å². The molecule has 2 heterocycles. The summed E-state index contributed by atoms with van der Waals surface area (Å²) in [7, 11) is 3.13. The number of hydrogen-bond donors (Lipinski definition) is 0. The lowest BCUT2D eigenvalue weighted by Gasteiger charge is -2.32. The topological polar surface area (TPSA) is 56.6 Å². The third kappa shape index (κ3) is 4.12. The first-order chi connectivity index (χ1) is 14.2. The molecule has 1 aliphatic heterocycles. The molecule has 0 radical (unpaired) electrons. The maximum absolute atomic E-state index is 13.1. The van der Waals surface area contributed by atoms with Gasteiger partial charge in [0, 0.05) is 18.5 Å². The van der Waals surface area contributed by atoms with Crippen molar-refractivity contribution < 1.29 is 9.47 Å². The van der Waals surface area contributed by atoms with Crippen molar-refractivity contribution in [1.29, 1.82) is 0 Å². The zero-order valence-corrected chi connectivity index (χ0v) is 17.0. The third-order valence-electron chi connectivity index (χ3n) is 5.77. The van der Waals surface area contributed by atoms with E-state index in [1.807, 2.05) is 6.07 Å². The Balaban J connectivity index is 1.47. The molecule has 3 aromatic rings. The summed E-state index contributed by atoms with van der Waals surface area (Å²) in [5.74, 6) is 1.71. The van der Waals surface area contributed by atoms with Crippen molar-refractivity contribution in [2.45, 2.75) is 25.9 Å². The Morgan fingerprint density at radius 3 is 2.48 bits per heavy atom. The molecule has 6 nitrogen and oxygen atoms in total. The average Bonchev–Trinajstić information content (AvgIpc) is 2.77. The summed E-state index contributed by atoms with van der Waals surface area (Å²) in [6.45, 7) is 2.44. The van der Waals surface area contributed by atoms with E-state index in [1.165, 1.54) is 10.2 Å². The maximum atomic E-state index is 13.1. The van der Waals surface area contributed by atoms with E-state index < -0.39 is 0 Å². The molecule has 0 bridgehead atoms. The second-order valence-electron chi connectivity index (χ2n) is 7.61. The summed E-state index contributed by atoms with van der Waals surface area (Å²) >= 11 is 0. The first-order valence-corrected chi connectivity index (χ1v) is 10.1. The minimum Gasteiger partial charge on any atom is -0.493 e. The molecule has 0 unspecified atom stereocenters. The van der Waals surface area contributed by atoms with E-state index >= 15 is 0 Å². The van der Waals surface area contributed by atoms with Crippen molar-refractivity contribution in [3.8, 4) is 11.5 Å². The van der Waals surface area contributed by atoms with Crippen molar-refractivity contribution in [2.75, 3.05) is 27.3 Å². The highest BCUT2D eigenvalue weighted by Crippen LogP contribution is 2.32. The number of ether oxygens (including phenoxy) is 2. The van der Waals surface area contributed by atoms with Crippen LogP contribution in [0.25, 0.3) is 10.8 Å². The summed E-state index contributed by atoms with van der Waals surface area (Å²) < 4.78 is 12.3. The van der Waals surface area contributed by atoms with Gasteiger partial charge in [-0.1, -0.05) is 30.3 Å². The predicted octanol–water partition coefficient (Wildman–Crippen LogP) is 3.33. The Morgan fingerprint density at radius 2 is 1.79 bits per heavy atom. The van der Waals surface area contributed by atoms with Crippen molar-refractivity contribution in [1.82, 2.24) is 14.7 Å². The number of likely N-dealkylation sites (tertiary alicyclic amines) is 1. The van der Waals surface area contributed by atoms with Gasteiger partial charge in [0.15, 0.2) is 11.5 Å². The molecule has 1 fully saturated rings. The summed E-state index contributed by atoms with van der Waals surface area (Å²) in [4.78, 5) is 15.4. The molecule has 0 atom stereocenters. The maximum Gasteiger partial charge on any atom is 0.279 e. The normalized spacial score (nSPS) is 15.5. The van der Waals surface area contributed by atoms with Gasteiger partial charge in [0.1, 0.15) is 0 Å². The van der Waals surface area contributed by atoms with Gasteiger partial charge < -0.3 is 9.47 Å². The molecular formula is C23H27N3O3. The molecule has 0 aliphatic carbocycles. The van der Waals surface area contributed by atoms with Crippen LogP contribution >= 0.6 is 0 Å². The molecule has 0 spiro atoms. The quantitative estimate of drug-likeness (QED) is 0.643. The van der Waals surface area contributed by atoms with E-state index in [9.17, 15) is 4.79 Å². The Bertz CT molecular complexity index is 1020. The van der Waals surface area contributed by atoms with E-state index in [0.29, 0.717) is 29.5 Å². The van der Waals surface area contributed by atoms with E-state index in [-0.39, 0.29) is 5.56 Å². The van der Waals surface area contributed by atoms with Crippen molar-refractivity contribution >= 4 is 10.8 Å². The fourth-order valence-corrected chi connectivity index (χ4v) is 4.15. The molecule has 2 aromatic carbocycles. The molecule has 1 aliphatic rings. The molecule has 4 rings (SSSR count). The summed E-state index contributed by atoms with van der Waals surface area (Å²) in [5, 5.41) is 5.65. The smallest absolute Gasteiger partial charge is 0.279 e. The molecule has 6 heteroatoms. The average molecular weight is 393 g/mol. The van der Waals surface area contributed by atoms with E-state index in [2.05, 4.69) is 40.3 Å². The number of methoxy groups -OCH3 is 2. The number of nitrogens with zero attached hydrogens (tertiary/aromatic N) is 3. The van der Waals surface area contributed by atoms with Crippen LogP contribution in [0.1, 0.15) is 18.4 Å². The van der Waals surface area contributed by atoms with Gasteiger partial charge in [-0.15, -0.1) is 0 Å². The van der Waals surface area contributed by atoms with Gasteiger partial charge in [-0.2, -0.15) is 5.10 Å². The van der Waals surface area contributed by atoms with Crippen LogP contribution in [0.15, 0.2) is 53.5 Å². The lowest BCUT2D eigenvalue weighted by atomic mass is 9.90. The van der Waals surface area contributed by atoms with Crippen LogP contribution in [0.2, 0.25) is 0 Å². The highest BCUT2D eigenvalue weighted by Gasteiger charge is 2.21. The monoisotopic (exact) mass is 393 g/mol. The molecule has 1 aromatic heterocycles. The molecular weight excluding hydrogens is 366 g/mol. The molecule has 0 saturated carbocycles. The Labute approximate surface area is 170 Å². The Morgan fingerprint density at radius 1 is 1.03 bits per heavy atom. The van der Waals surface area contributed by atoms with Gasteiger partial charge in [-0.3, -0.25) is 9.69 Å². The number of piperidine rings is 1. The third-order valence-corrected chi connectivity index (χ3v) is 5.77. The molecule has 0 N–H and O–H groups in total. The minimum absolute atomic E-state index is 0.148. The Hall–Kier alpha value is -2.86. The molecule has 152 valence electrons. The van der Waals surface area contributed by atoms with E-state index in [4.69, 9.17) is 9.47 Å². The lowest BCUT2D eigenvalue weighted by Crippen LogP contribution is -2.39. The van der Waals surface area contributed by atoms with Gasteiger partial charge in [0.2, 0.25) is 0 Å². The summed E-state index contributed by atoms with van der Waals surface area (Å²) in [6.07, 6.45) is 5.11. The minimum atomic E-state index is -0.148. The van der Waals surface area contributed by atoms with Gasteiger partial charge >= 0.3 is 0 Å². The summed E-state index contributed by atoms with van der Waals surface area (Å²) in [5.41, 5.74) is 1.25. The SMILES string of the molecule is COc1ccc2cnn(CN3CCC(Cc4ccccc4)CC3)c(=O)c2c1OC. The summed E-state index contributed by atoms with van der Waals surface area (Å²) in [6, 6.07) is 14.3. The van der Waals surface area contributed by atoms with Crippen molar-refractivity contribution in [3.05, 3.63) is 64.6 Å². The zero-order chi connectivity index (χ0) is 20.2. The van der Waals surface area contributed by atoms with Gasteiger partial charge in [0.05, 0.1) is 32.5 Å². The highest BCUT2D eigenvalue weighted by molar-refractivity contribution is 5.89. The van der Waals surface area contributed by atoms with Crippen LogP contribution in [0.3, 0.4) is 0 Å². The second-order valence-corrected chi connectivity index (χ2v) is 7.61. The van der Waals surface area contributed by atoms with Crippen molar-refractivity contribution in [3.63, 3.8) is 0 Å². The van der Waals surface area contributed by atoms with Gasteiger partial charge in [-0.05, 0) is 42.9 Å². The first kappa shape index (κ1) is 19.5. The number of benzene rings is 2. The highest BCUT2D eigenvalue weighted by atomic mass is 16.5. The zero-order valence-electron chi connectivity index (χ0n) is 17.0. The fourth-order valence-electron chi connectivity index (χ4n) is 4.15. The van der Waals surface area contributed by atoms with E-state index in [0.717, 1.165) is 37.7 Å². The standard InChI is InChI=1S/C23H27N3O3/c1-28-20-9-8-19-15-24-26(23(27)21(19)22(20)29-2)16-25-12-10-18(11-13-25)14-17-6-4-3-5-7-17/h3-9,15,18H,10-14,16H2,1-2H3. The van der Waals surface area contributed by atoms with E-state index in [1.54, 1.807) is 26.5 Å². The predicted molar refractivity (Wildman–Crippen MR) is 114 cm³/mol. The number of rotatable bonds is 6. The fraction of sp³-hybridized carbons (Fsp3) is 0.391. The molecule has 29 heavy (non-hydrogen) atoms. The molecule has 1 saturated heterocycles. The van der Waals surface area contributed by atoms with Gasteiger partial charge in [-0.25, -0.2) is 4.68 Å². The second kappa shape index (κ2) is 8.66. The van der Waals surface area contributed by atoms with Crippen LogP contribution in [0.4, 0.5) is 0 Å². The number of fused-ring (bicyclic) bond motifs is 1. The first-order valence-electron chi connectivity index (χ1n) is 10.1. The lowest BCUT2D eigenvalue weighted by molar-refractivity contribution is 0.138.